The van der Waals surface area contributed by atoms with Gasteiger partial charge >= 0.3 is 8.80 Å². The van der Waals surface area contributed by atoms with Crippen LogP contribution in [0.2, 0.25) is 6.04 Å². The lowest BCUT2D eigenvalue weighted by molar-refractivity contribution is -0.116. The number of carbonyl (C=O) groups is 1. The van der Waals surface area contributed by atoms with Crippen LogP contribution in [-0.4, -0.2) is 46.1 Å². The Morgan fingerprint density at radius 2 is 1.78 bits per heavy atom. The average Bonchev–Trinajstić information content (AvgIpc) is 2.29. The van der Waals surface area contributed by atoms with Crippen LogP contribution in [0.4, 0.5) is 0 Å². The molecule has 1 N–H and O–H groups in total. The number of Topliss-reactive ketones (excluding diaryl/α,β-unsaturated/α-hetero) is 1. The molecular weight excluding hydrogens is 252 g/mol. The van der Waals surface area contributed by atoms with Gasteiger partial charge in [-0.3, -0.25) is 4.79 Å². The Morgan fingerprint density at radius 3 is 2.17 bits per heavy atom. The summed E-state index contributed by atoms with van der Waals surface area (Å²) in [4.78, 5) is 11.4. The maximum Gasteiger partial charge on any atom is 0.503 e. The zero-order valence-corrected chi connectivity index (χ0v) is 12.5. The van der Waals surface area contributed by atoms with Crippen molar-refractivity contribution in [2.75, 3.05) is 26.4 Å². The summed E-state index contributed by atoms with van der Waals surface area (Å²) in [6, 6.07) is 0.343. The van der Waals surface area contributed by atoms with Crippen molar-refractivity contribution < 1.29 is 23.2 Å². The first-order valence-electron chi connectivity index (χ1n) is 6.22. The minimum Gasteiger partial charge on any atom is -0.396 e. The second-order valence-electron chi connectivity index (χ2n) is 3.82. The third-order valence-electron chi connectivity index (χ3n) is 2.27. The van der Waals surface area contributed by atoms with Crippen LogP contribution >= 0.6 is 0 Å². The Balaban J connectivity index is 4.37. The van der Waals surface area contributed by atoms with Crippen molar-refractivity contribution in [2.45, 2.75) is 33.2 Å². The van der Waals surface area contributed by atoms with E-state index < -0.39 is 8.80 Å². The van der Waals surface area contributed by atoms with Gasteiger partial charge in [-0.15, -0.1) is 0 Å². The van der Waals surface area contributed by atoms with E-state index in [1.807, 2.05) is 13.8 Å². The van der Waals surface area contributed by atoms with Gasteiger partial charge < -0.3 is 18.4 Å². The fraction of sp³-hybridized carbons (Fsp3) is 0.750. The zero-order valence-electron chi connectivity index (χ0n) is 11.5. The second-order valence-corrected chi connectivity index (χ2v) is 6.56. The van der Waals surface area contributed by atoms with Crippen LogP contribution in [0.25, 0.3) is 0 Å². The van der Waals surface area contributed by atoms with E-state index in [-0.39, 0.29) is 25.4 Å². The van der Waals surface area contributed by atoms with E-state index in [9.17, 15) is 4.79 Å². The minimum absolute atomic E-state index is 0.0325. The summed E-state index contributed by atoms with van der Waals surface area (Å²) in [5.74, 6) is -0.0325. The molecule has 0 aliphatic heterocycles. The molecule has 0 fully saturated rings. The molecule has 0 saturated carbocycles. The lowest BCUT2D eigenvalue weighted by Gasteiger charge is -2.28. The molecule has 0 atom stereocenters. The van der Waals surface area contributed by atoms with Gasteiger partial charge in [0.25, 0.3) is 0 Å². The van der Waals surface area contributed by atoms with Gasteiger partial charge in [-0.2, -0.15) is 0 Å². The van der Waals surface area contributed by atoms with Crippen LogP contribution in [0.3, 0.4) is 0 Å². The highest BCUT2D eigenvalue weighted by Gasteiger charge is 2.40. The van der Waals surface area contributed by atoms with Gasteiger partial charge in [-0.25, -0.2) is 0 Å². The summed E-state index contributed by atoms with van der Waals surface area (Å²) in [6.45, 7) is 10.0. The number of aliphatic hydroxyl groups excluding tert-OH is 1. The summed E-state index contributed by atoms with van der Waals surface area (Å²) < 4.78 is 16.8. The Kier molecular flexibility index (Phi) is 9.13. The molecule has 0 radical (unpaired) electrons. The maximum atomic E-state index is 11.4. The quantitative estimate of drug-likeness (QED) is 0.458. The Bertz CT molecular complexity index is 250. The Labute approximate surface area is 110 Å². The molecule has 18 heavy (non-hydrogen) atoms. The summed E-state index contributed by atoms with van der Waals surface area (Å²) in [5.41, 5.74) is 0.515. The van der Waals surface area contributed by atoms with E-state index in [2.05, 4.69) is 6.58 Å². The standard InChI is InChI=1S/C12H24O5Si/c1-5-15-18(10-8-13,16-6-2)17-9-7-12(14)11(3)4/h13H,3,5-10H2,1-2,4H3. The van der Waals surface area contributed by atoms with Gasteiger partial charge in [-0.05, 0) is 26.3 Å². The first-order valence-corrected chi connectivity index (χ1v) is 8.16. The molecule has 0 aromatic heterocycles. The summed E-state index contributed by atoms with van der Waals surface area (Å²) >= 11 is 0. The molecule has 0 rings (SSSR count). The molecule has 0 unspecified atom stereocenters. The molecule has 0 saturated heterocycles. The highest BCUT2D eigenvalue weighted by molar-refractivity contribution is 6.60. The zero-order chi connectivity index (χ0) is 14.0. The molecule has 0 aromatic carbocycles. The first-order chi connectivity index (χ1) is 8.51. The number of hydrogen-bond donors (Lipinski definition) is 1. The lowest BCUT2D eigenvalue weighted by Crippen LogP contribution is -2.47. The molecule has 0 amide bonds. The SMILES string of the molecule is C=C(C)C(=O)CCO[Si](CCO)(OCC)OCC. The number of aliphatic hydroxyl groups is 1. The number of allylic oxidation sites excluding steroid dienone is 1. The van der Waals surface area contributed by atoms with Crippen molar-refractivity contribution in [3.05, 3.63) is 12.2 Å². The van der Waals surface area contributed by atoms with Crippen molar-refractivity contribution in [2.24, 2.45) is 0 Å². The van der Waals surface area contributed by atoms with Crippen LogP contribution < -0.4 is 0 Å². The van der Waals surface area contributed by atoms with Gasteiger partial charge in [0.05, 0.1) is 0 Å². The molecule has 6 heteroatoms. The van der Waals surface area contributed by atoms with Crippen molar-refractivity contribution in [1.82, 2.24) is 0 Å². The molecule has 0 heterocycles. The molecule has 0 aliphatic carbocycles. The van der Waals surface area contributed by atoms with Gasteiger partial charge in [0, 0.05) is 38.9 Å². The third-order valence-corrected chi connectivity index (χ3v) is 5.21. The number of hydrogen-bond acceptors (Lipinski definition) is 5. The van der Waals surface area contributed by atoms with E-state index in [0.717, 1.165) is 0 Å². The Hall–Kier alpha value is -0.533. The summed E-state index contributed by atoms with van der Waals surface area (Å²) in [5, 5.41) is 9.07. The van der Waals surface area contributed by atoms with Crippen LogP contribution in [0.15, 0.2) is 12.2 Å². The van der Waals surface area contributed by atoms with E-state index in [0.29, 0.717) is 24.8 Å². The normalized spacial score (nSPS) is 11.6. The molecular formula is C12H24O5Si. The molecule has 0 spiro atoms. The third kappa shape index (κ3) is 6.41. The van der Waals surface area contributed by atoms with Crippen LogP contribution in [-0.2, 0) is 18.1 Å². The molecule has 0 aliphatic rings. The highest BCUT2D eigenvalue weighted by Crippen LogP contribution is 2.16. The van der Waals surface area contributed by atoms with Crippen molar-refractivity contribution in [3.8, 4) is 0 Å². The van der Waals surface area contributed by atoms with Crippen LogP contribution in [0, 0.1) is 0 Å². The first kappa shape index (κ1) is 17.5. The van der Waals surface area contributed by atoms with Crippen molar-refractivity contribution >= 4 is 14.6 Å². The minimum atomic E-state index is -2.83. The number of rotatable bonds is 11. The maximum absolute atomic E-state index is 11.4. The largest absolute Gasteiger partial charge is 0.503 e. The van der Waals surface area contributed by atoms with Gasteiger partial charge in [0.15, 0.2) is 5.78 Å². The molecule has 0 aromatic rings. The van der Waals surface area contributed by atoms with Crippen LogP contribution in [0.5, 0.6) is 0 Å². The second kappa shape index (κ2) is 9.40. The fourth-order valence-corrected chi connectivity index (χ4v) is 3.68. The predicted molar refractivity (Wildman–Crippen MR) is 71.3 cm³/mol. The molecule has 5 nitrogen and oxygen atoms in total. The summed E-state index contributed by atoms with van der Waals surface area (Å²) in [7, 11) is -2.83. The van der Waals surface area contributed by atoms with E-state index >= 15 is 0 Å². The summed E-state index contributed by atoms with van der Waals surface area (Å²) in [6.07, 6.45) is 0.260. The van der Waals surface area contributed by atoms with Crippen molar-refractivity contribution in [1.29, 1.82) is 0 Å². The fourth-order valence-electron chi connectivity index (χ4n) is 1.43. The molecule has 106 valence electrons. The van der Waals surface area contributed by atoms with Gasteiger partial charge in [0.2, 0.25) is 0 Å². The lowest BCUT2D eigenvalue weighted by atomic mass is 10.2. The highest BCUT2D eigenvalue weighted by atomic mass is 28.4. The van der Waals surface area contributed by atoms with Gasteiger partial charge in [0.1, 0.15) is 0 Å². The monoisotopic (exact) mass is 276 g/mol. The molecule has 0 bridgehead atoms. The number of ketones is 1. The van der Waals surface area contributed by atoms with E-state index in [1.54, 1.807) is 6.92 Å². The predicted octanol–water partition coefficient (Wildman–Crippen LogP) is 1.54. The smallest absolute Gasteiger partial charge is 0.396 e. The van der Waals surface area contributed by atoms with E-state index in [4.69, 9.17) is 18.4 Å². The van der Waals surface area contributed by atoms with Gasteiger partial charge in [-0.1, -0.05) is 6.58 Å². The Morgan fingerprint density at radius 1 is 1.22 bits per heavy atom. The van der Waals surface area contributed by atoms with Crippen LogP contribution in [0.1, 0.15) is 27.2 Å². The average molecular weight is 276 g/mol. The van der Waals surface area contributed by atoms with Crippen molar-refractivity contribution in [3.63, 3.8) is 0 Å². The van der Waals surface area contributed by atoms with E-state index in [1.165, 1.54) is 0 Å². The topological polar surface area (TPSA) is 65.0 Å². The number of carbonyl (C=O) groups excluding carboxylic acids is 1.